The molecule has 5 nitrogen and oxygen atoms in total. The second-order valence-corrected chi connectivity index (χ2v) is 6.34. The van der Waals surface area contributed by atoms with Gasteiger partial charge in [-0.15, -0.1) is 11.3 Å². The molecule has 1 aromatic carbocycles. The maximum Gasteiger partial charge on any atom is 0.322 e. The molecule has 2 aromatic rings. The summed E-state index contributed by atoms with van der Waals surface area (Å²) in [6, 6.07) is 9.72. The van der Waals surface area contributed by atoms with Gasteiger partial charge in [-0.3, -0.25) is 0 Å². The Morgan fingerprint density at radius 3 is 3.05 bits per heavy atom. The second-order valence-electron chi connectivity index (χ2n) is 5.37. The molecule has 1 fully saturated rings. The van der Waals surface area contributed by atoms with Gasteiger partial charge in [0.05, 0.1) is 6.04 Å². The van der Waals surface area contributed by atoms with Crippen molar-refractivity contribution in [3.05, 3.63) is 40.6 Å². The first-order valence-corrected chi connectivity index (χ1v) is 8.20. The Labute approximate surface area is 132 Å². The molecule has 0 bridgehead atoms. The largest absolute Gasteiger partial charge is 0.454 e. The fourth-order valence-electron chi connectivity index (χ4n) is 2.96. The summed E-state index contributed by atoms with van der Waals surface area (Å²) in [5.74, 6) is 1.39. The van der Waals surface area contributed by atoms with Crippen LogP contribution >= 0.6 is 11.3 Å². The number of fused-ring (bicyclic) bond motifs is 1. The lowest BCUT2D eigenvalue weighted by Crippen LogP contribution is -2.34. The molecule has 0 saturated carbocycles. The molecule has 22 heavy (non-hydrogen) atoms. The summed E-state index contributed by atoms with van der Waals surface area (Å²) >= 11 is 1.71. The van der Waals surface area contributed by atoms with Crippen LogP contribution in [0.5, 0.6) is 11.5 Å². The Morgan fingerprint density at radius 1 is 1.27 bits per heavy atom. The summed E-state index contributed by atoms with van der Waals surface area (Å²) in [5.41, 5.74) is 0.728. The van der Waals surface area contributed by atoms with Crippen molar-refractivity contribution in [1.29, 1.82) is 0 Å². The first kappa shape index (κ1) is 13.5. The van der Waals surface area contributed by atoms with E-state index in [2.05, 4.69) is 16.8 Å². The molecule has 4 rings (SSSR count). The van der Waals surface area contributed by atoms with E-state index in [1.54, 1.807) is 17.4 Å². The summed E-state index contributed by atoms with van der Waals surface area (Å²) in [7, 11) is 0. The number of nitrogens with one attached hydrogen (secondary N) is 1. The van der Waals surface area contributed by atoms with Crippen LogP contribution in [-0.4, -0.2) is 24.3 Å². The molecule has 1 saturated heterocycles. The fourth-order valence-corrected chi connectivity index (χ4v) is 3.83. The number of urea groups is 1. The minimum atomic E-state index is -0.0604. The average molecular weight is 316 g/mol. The summed E-state index contributed by atoms with van der Waals surface area (Å²) in [4.78, 5) is 15.7. The van der Waals surface area contributed by atoms with E-state index >= 15 is 0 Å². The summed E-state index contributed by atoms with van der Waals surface area (Å²) < 4.78 is 10.6. The Kier molecular flexibility index (Phi) is 3.38. The number of rotatable bonds is 2. The molecule has 3 heterocycles. The first-order valence-electron chi connectivity index (χ1n) is 7.32. The van der Waals surface area contributed by atoms with Crippen molar-refractivity contribution in [3.63, 3.8) is 0 Å². The quantitative estimate of drug-likeness (QED) is 0.915. The van der Waals surface area contributed by atoms with Crippen molar-refractivity contribution in [1.82, 2.24) is 4.90 Å². The van der Waals surface area contributed by atoms with Crippen LogP contribution < -0.4 is 14.8 Å². The van der Waals surface area contributed by atoms with Crippen molar-refractivity contribution in [2.75, 3.05) is 18.7 Å². The van der Waals surface area contributed by atoms with Gasteiger partial charge < -0.3 is 19.7 Å². The smallest absolute Gasteiger partial charge is 0.322 e. The molecule has 2 aliphatic rings. The second kappa shape index (κ2) is 5.53. The molecule has 2 amide bonds. The third kappa shape index (κ3) is 2.39. The topological polar surface area (TPSA) is 50.8 Å². The Bertz CT molecular complexity index is 687. The van der Waals surface area contributed by atoms with Crippen LogP contribution in [0.2, 0.25) is 0 Å². The van der Waals surface area contributed by atoms with Crippen molar-refractivity contribution < 1.29 is 14.3 Å². The SMILES string of the molecule is O=C(Nc1ccc2c(c1)OCO2)N1CCC[C@@H]1c1cccs1. The first-order chi connectivity index (χ1) is 10.8. The predicted molar refractivity (Wildman–Crippen MR) is 84.6 cm³/mol. The van der Waals surface area contributed by atoms with Crippen LogP contribution in [0.4, 0.5) is 10.5 Å². The van der Waals surface area contributed by atoms with E-state index in [1.807, 2.05) is 23.1 Å². The average Bonchev–Trinajstić information content (AvgIpc) is 3.26. The van der Waals surface area contributed by atoms with E-state index < -0.39 is 0 Å². The summed E-state index contributed by atoms with van der Waals surface area (Å²) in [5, 5.41) is 5.02. The van der Waals surface area contributed by atoms with Crippen molar-refractivity contribution in [2.45, 2.75) is 18.9 Å². The van der Waals surface area contributed by atoms with E-state index in [0.717, 1.165) is 30.8 Å². The minimum Gasteiger partial charge on any atom is -0.454 e. The molecular weight excluding hydrogens is 300 g/mol. The number of nitrogens with zero attached hydrogens (tertiary/aromatic N) is 1. The molecule has 2 aliphatic heterocycles. The van der Waals surface area contributed by atoms with Gasteiger partial charge in [-0.1, -0.05) is 6.07 Å². The zero-order valence-electron chi connectivity index (χ0n) is 12.0. The highest BCUT2D eigenvalue weighted by atomic mass is 32.1. The lowest BCUT2D eigenvalue weighted by Gasteiger charge is -2.24. The molecule has 114 valence electrons. The van der Waals surface area contributed by atoms with Crippen LogP contribution in [0.25, 0.3) is 0 Å². The number of carbonyl (C=O) groups is 1. The van der Waals surface area contributed by atoms with E-state index in [1.165, 1.54) is 4.88 Å². The third-order valence-electron chi connectivity index (χ3n) is 4.01. The van der Waals surface area contributed by atoms with Gasteiger partial charge in [-0.2, -0.15) is 0 Å². The minimum absolute atomic E-state index is 0.0604. The highest BCUT2D eigenvalue weighted by Crippen LogP contribution is 2.36. The molecule has 0 radical (unpaired) electrons. The number of carbonyl (C=O) groups excluding carboxylic acids is 1. The standard InChI is InChI=1S/C16H16N2O3S/c19-16(17-11-5-6-13-14(9-11)21-10-20-13)18-7-1-3-12(18)15-4-2-8-22-15/h2,4-6,8-9,12H,1,3,7,10H2,(H,17,19)/t12-/m1/s1. The summed E-state index contributed by atoms with van der Waals surface area (Å²) in [6.45, 7) is 1.03. The van der Waals surface area contributed by atoms with Crippen LogP contribution in [0.3, 0.4) is 0 Å². The van der Waals surface area contributed by atoms with Gasteiger partial charge in [0.15, 0.2) is 11.5 Å². The van der Waals surface area contributed by atoms with Gasteiger partial charge >= 0.3 is 6.03 Å². The number of benzene rings is 1. The van der Waals surface area contributed by atoms with Gasteiger partial charge in [-0.25, -0.2) is 4.79 Å². The Hall–Kier alpha value is -2.21. The van der Waals surface area contributed by atoms with Crippen LogP contribution in [0.15, 0.2) is 35.7 Å². The van der Waals surface area contributed by atoms with E-state index in [-0.39, 0.29) is 18.9 Å². The number of likely N-dealkylation sites (tertiary alicyclic amines) is 1. The van der Waals surface area contributed by atoms with Crippen LogP contribution in [0.1, 0.15) is 23.8 Å². The zero-order chi connectivity index (χ0) is 14.9. The van der Waals surface area contributed by atoms with Gasteiger partial charge in [0.2, 0.25) is 6.79 Å². The molecule has 0 aliphatic carbocycles. The van der Waals surface area contributed by atoms with E-state index in [9.17, 15) is 4.79 Å². The van der Waals surface area contributed by atoms with Crippen molar-refractivity contribution in [2.24, 2.45) is 0 Å². The van der Waals surface area contributed by atoms with Gasteiger partial charge in [0.1, 0.15) is 0 Å². The zero-order valence-corrected chi connectivity index (χ0v) is 12.8. The molecule has 0 spiro atoms. The molecule has 1 N–H and O–H groups in total. The molecular formula is C16H16N2O3S. The van der Waals surface area contributed by atoms with Gasteiger partial charge in [0, 0.05) is 23.2 Å². The third-order valence-corrected chi connectivity index (χ3v) is 4.98. The normalized spacial score (nSPS) is 19.5. The number of ether oxygens (including phenoxy) is 2. The number of anilines is 1. The monoisotopic (exact) mass is 316 g/mol. The van der Waals surface area contributed by atoms with Crippen LogP contribution in [-0.2, 0) is 0 Å². The highest BCUT2D eigenvalue weighted by molar-refractivity contribution is 7.10. The summed E-state index contributed by atoms with van der Waals surface area (Å²) in [6.07, 6.45) is 2.06. The Balaban J connectivity index is 1.49. The lowest BCUT2D eigenvalue weighted by atomic mass is 10.2. The van der Waals surface area contributed by atoms with Crippen molar-refractivity contribution in [3.8, 4) is 11.5 Å². The number of hydrogen-bond donors (Lipinski definition) is 1. The highest BCUT2D eigenvalue weighted by Gasteiger charge is 2.30. The predicted octanol–water partition coefficient (Wildman–Crippen LogP) is 3.85. The molecule has 1 aromatic heterocycles. The number of amides is 2. The van der Waals surface area contributed by atoms with E-state index in [4.69, 9.17) is 9.47 Å². The van der Waals surface area contributed by atoms with Crippen LogP contribution in [0, 0.1) is 0 Å². The molecule has 0 unspecified atom stereocenters. The number of hydrogen-bond acceptors (Lipinski definition) is 4. The number of thiophene rings is 1. The maximum atomic E-state index is 12.6. The van der Waals surface area contributed by atoms with Crippen molar-refractivity contribution >= 4 is 23.1 Å². The maximum absolute atomic E-state index is 12.6. The molecule has 6 heteroatoms. The molecule has 1 atom stereocenters. The Morgan fingerprint density at radius 2 is 2.18 bits per heavy atom. The van der Waals surface area contributed by atoms with Gasteiger partial charge in [0.25, 0.3) is 0 Å². The van der Waals surface area contributed by atoms with E-state index in [0.29, 0.717) is 5.75 Å². The van der Waals surface area contributed by atoms with Gasteiger partial charge in [-0.05, 0) is 36.4 Å². The fraction of sp³-hybridized carbons (Fsp3) is 0.312. The lowest BCUT2D eigenvalue weighted by molar-refractivity contribution is 0.174.